The summed E-state index contributed by atoms with van der Waals surface area (Å²) in [5.74, 6) is 0.0704. The van der Waals surface area contributed by atoms with Crippen LogP contribution < -0.4 is 0 Å². The van der Waals surface area contributed by atoms with Gasteiger partial charge >= 0.3 is 6.18 Å². The van der Waals surface area contributed by atoms with Gasteiger partial charge in [-0.1, -0.05) is 6.92 Å². The normalized spacial score (nSPS) is 19.2. The molecule has 2 aliphatic rings. The summed E-state index contributed by atoms with van der Waals surface area (Å²) in [5, 5.41) is 9.86. The number of aryl methyl sites for hydroxylation is 1. The molecule has 4 rings (SSSR count). The minimum atomic E-state index is -4.37. The fraction of sp³-hybridized carbons (Fsp3) is 0.500. The van der Waals surface area contributed by atoms with Crippen LogP contribution in [0.15, 0.2) is 30.3 Å². The van der Waals surface area contributed by atoms with Crippen LogP contribution in [0.2, 0.25) is 0 Å². The van der Waals surface area contributed by atoms with Crippen LogP contribution in [0.1, 0.15) is 47.1 Å². The van der Waals surface area contributed by atoms with Gasteiger partial charge in [-0.25, -0.2) is 0 Å². The third-order valence-electron chi connectivity index (χ3n) is 6.72. The molecule has 162 valence electrons. The number of alkyl halides is 3. The van der Waals surface area contributed by atoms with E-state index >= 15 is 0 Å². The Hall–Kier alpha value is -2.48. The lowest BCUT2D eigenvalue weighted by Crippen LogP contribution is -2.56. The second-order valence-corrected chi connectivity index (χ2v) is 8.20. The number of halogens is 3. The maximum atomic E-state index is 13.4. The van der Waals surface area contributed by atoms with Crippen LogP contribution >= 0.6 is 0 Å². The van der Waals surface area contributed by atoms with E-state index < -0.39 is 17.4 Å². The van der Waals surface area contributed by atoms with Crippen molar-refractivity contribution < 1.29 is 23.1 Å². The molecule has 0 atom stereocenters. The molecule has 0 saturated carbocycles. The third kappa shape index (κ3) is 3.27. The number of phenols is 1. The van der Waals surface area contributed by atoms with E-state index in [1.165, 1.54) is 16.7 Å². The van der Waals surface area contributed by atoms with Crippen molar-refractivity contribution in [2.45, 2.75) is 44.4 Å². The largest absolute Gasteiger partial charge is 0.508 e. The molecule has 1 saturated heterocycles. The first kappa shape index (κ1) is 20.8. The van der Waals surface area contributed by atoms with Crippen molar-refractivity contribution in [3.63, 3.8) is 0 Å². The van der Waals surface area contributed by atoms with E-state index in [1.807, 2.05) is 14.0 Å². The molecule has 1 N–H and O–H groups in total. The van der Waals surface area contributed by atoms with Gasteiger partial charge in [0.05, 0.1) is 5.54 Å². The number of piperidine rings is 1. The highest BCUT2D eigenvalue weighted by Crippen LogP contribution is 2.44. The summed E-state index contributed by atoms with van der Waals surface area (Å²) < 4.78 is 41.6. The van der Waals surface area contributed by atoms with Crippen LogP contribution in [0, 0.1) is 0 Å². The van der Waals surface area contributed by atoms with Crippen LogP contribution in [-0.4, -0.2) is 52.1 Å². The summed E-state index contributed by atoms with van der Waals surface area (Å²) in [6, 6.07) is 7.65. The molecule has 0 bridgehead atoms. The average molecular weight is 421 g/mol. The number of aromatic hydroxyl groups is 1. The lowest BCUT2D eigenvalue weighted by molar-refractivity contribution is -0.144. The van der Waals surface area contributed by atoms with Gasteiger partial charge in [0.2, 0.25) is 0 Å². The second kappa shape index (κ2) is 7.34. The molecule has 8 heteroatoms. The Bertz CT molecular complexity index is 959. The third-order valence-corrected chi connectivity index (χ3v) is 6.72. The number of carbonyl (C=O) groups is 1. The van der Waals surface area contributed by atoms with Crippen molar-refractivity contribution in [2.75, 3.05) is 26.7 Å². The van der Waals surface area contributed by atoms with Gasteiger partial charge in [0, 0.05) is 37.4 Å². The van der Waals surface area contributed by atoms with E-state index in [1.54, 1.807) is 23.1 Å². The maximum absolute atomic E-state index is 13.4. The Kier molecular flexibility index (Phi) is 5.08. The highest BCUT2D eigenvalue weighted by Gasteiger charge is 2.47. The molecule has 3 heterocycles. The maximum Gasteiger partial charge on any atom is 0.431 e. The van der Waals surface area contributed by atoms with Gasteiger partial charge in [0.25, 0.3) is 5.91 Å². The zero-order valence-corrected chi connectivity index (χ0v) is 17.2. The first-order valence-electron chi connectivity index (χ1n) is 10.3. The number of benzene rings is 1. The van der Waals surface area contributed by atoms with Crippen molar-refractivity contribution in [3.05, 3.63) is 52.8 Å². The number of rotatable bonds is 2. The predicted molar refractivity (Wildman–Crippen MR) is 106 cm³/mol. The van der Waals surface area contributed by atoms with Crippen LogP contribution in [0.3, 0.4) is 0 Å². The van der Waals surface area contributed by atoms with E-state index in [2.05, 4.69) is 4.90 Å². The molecule has 1 spiro atoms. The van der Waals surface area contributed by atoms with Crippen LogP contribution in [-0.2, 0) is 24.7 Å². The van der Waals surface area contributed by atoms with Crippen molar-refractivity contribution in [3.8, 4) is 5.75 Å². The van der Waals surface area contributed by atoms with Gasteiger partial charge in [0.15, 0.2) is 0 Å². The Morgan fingerprint density at radius 3 is 2.43 bits per heavy atom. The van der Waals surface area contributed by atoms with Gasteiger partial charge < -0.3 is 14.6 Å². The van der Waals surface area contributed by atoms with Crippen LogP contribution in [0.5, 0.6) is 5.75 Å². The van der Waals surface area contributed by atoms with Gasteiger partial charge in [0.1, 0.15) is 11.4 Å². The highest BCUT2D eigenvalue weighted by molar-refractivity contribution is 5.94. The number of hydrogen-bond donors (Lipinski definition) is 1. The number of likely N-dealkylation sites (N-methyl/N-ethyl adjacent to an activating group) is 1. The summed E-state index contributed by atoms with van der Waals surface area (Å²) in [7, 11) is 1.95. The average Bonchev–Trinajstić information content (AvgIpc) is 3.17. The van der Waals surface area contributed by atoms with E-state index in [4.69, 9.17) is 0 Å². The zero-order chi connectivity index (χ0) is 21.7. The Labute approximate surface area is 173 Å². The number of aromatic nitrogens is 1. The smallest absolute Gasteiger partial charge is 0.431 e. The van der Waals surface area contributed by atoms with Gasteiger partial charge in [-0.05, 0) is 62.2 Å². The van der Waals surface area contributed by atoms with E-state index in [9.17, 15) is 23.1 Å². The molecular weight excluding hydrogens is 395 g/mol. The molecule has 1 aromatic heterocycles. The topological polar surface area (TPSA) is 48.7 Å². The second-order valence-electron chi connectivity index (χ2n) is 8.20. The molecule has 2 aromatic rings. The lowest BCUT2D eigenvalue weighted by Gasteiger charge is -2.50. The summed E-state index contributed by atoms with van der Waals surface area (Å²) in [5.41, 5.74) is 0.842. The number of amides is 1. The molecular formula is C22H26F3N3O2. The number of likely N-dealkylation sites (tertiary alicyclic amines) is 1. The molecule has 0 unspecified atom stereocenters. The Balaban J connectivity index is 1.57. The Morgan fingerprint density at radius 2 is 1.80 bits per heavy atom. The quantitative estimate of drug-likeness (QED) is 0.801. The molecule has 2 aliphatic heterocycles. The summed E-state index contributed by atoms with van der Waals surface area (Å²) in [6.45, 7) is 3.70. The number of nitrogens with zero attached hydrogens (tertiary/aromatic N) is 3. The number of phenolic OH excluding ortho intramolecular Hbond substituents is 1. The van der Waals surface area contributed by atoms with Crippen molar-refractivity contribution in [1.82, 2.24) is 14.4 Å². The van der Waals surface area contributed by atoms with Crippen LogP contribution in [0.4, 0.5) is 13.2 Å². The number of fused-ring (bicyclic) bond motifs is 2. The standard InChI is InChI=1S/C22H26F3N3O2/c1-3-15-14-16(4-5-17(15)29)20(30)27-10-8-21(9-11-27)18-6-7-19(22(23,24)25)28(18)13-12-26(21)2/h4-7,14,29H,3,8-13H2,1-2H3. The molecule has 1 fully saturated rings. The summed E-state index contributed by atoms with van der Waals surface area (Å²) >= 11 is 0. The van der Waals surface area contributed by atoms with Crippen molar-refractivity contribution in [2.24, 2.45) is 0 Å². The lowest BCUT2D eigenvalue weighted by atomic mass is 9.81. The predicted octanol–water partition coefficient (Wildman–Crippen LogP) is 3.85. The van der Waals surface area contributed by atoms with Gasteiger partial charge in [-0.15, -0.1) is 0 Å². The number of hydrogen-bond acceptors (Lipinski definition) is 3. The fourth-order valence-corrected chi connectivity index (χ4v) is 4.92. The van der Waals surface area contributed by atoms with E-state index in [0.29, 0.717) is 56.7 Å². The van der Waals surface area contributed by atoms with E-state index in [-0.39, 0.29) is 11.7 Å². The molecule has 5 nitrogen and oxygen atoms in total. The molecule has 30 heavy (non-hydrogen) atoms. The van der Waals surface area contributed by atoms with Gasteiger partial charge in [-0.3, -0.25) is 9.69 Å². The molecule has 0 aliphatic carbocycles. The van der Waals surface area contributed by atoms with Crippen molar-refractivity contribution >= 4 is 5.91 Å². The zero-order valence-electron chi connectivity index (χ0n) is 17.2. The fourth-order valence-electron chi connectivity index (χ4n) is 4.92. The minimum Gasteiger partial charge on any atom is -0.508 e. The van der Waals surface area contributed by atoms with Crippen LogP contribution in [0.25, 0.3) is 0 Å². The SMILES string of the molecule is CCc1cc(C(=O)N2CCC3(CC2)c2ccc(C(F)(F)F)n2CCN3C)ccc1O. The molecule has 0 radical (unpaired) electrons. The molecule has 1 amide bonds. The minimum absolute atomic E-state index is 0.107. The summed E-state index contributed by atoms with van der Waals surface area (Å²) in [4.78, 5) is 16.9. The molecule has 1 aromatic carbocycles. The van der Waals surface area contributed by atoms with E-state index in [0.717, 1.165) is 5.56 Å². The van der Waals surface area contributed by atoms with Crippen molar-refractivity contribution in [1.29, 1.82) is 0 Å². The highest BCUT2D eigenvalue weighted by atomic mass is 19.4. The first-order valence-corrected chi connectivity index (χ1v) is 10.3. The monoisotopic (exact) mass is 421 g/mol. The van der Waals surface area contributed by atoms with Gasteiger partial charge in [-0.2, -0.15) is 13.2 Å². The summed E-state index contributed by atoms with van der Waals surface area (Å²) in [6.07, 6.45) is -2.59. The number of carbonyl (C=O) groups excluding carboxylic acids is 1. The Morgan fingerprint density at radius 1 is 1.10 bits per heavy atom. The first-order chi connectivity index (χ1) is 14.2.